The minimum atomic E-state index is -0.932. The second-order valence-electron chi connectivity index (χ2n) is 2.35. The molecule has 1 N–H and O–H groups in total. The van der Waals surface area contributed by atoms with Crippen LogP contribution >= 0.6 is 38.5 Å². The van der Waals surface area contributed by atoms with E-state index >= 15 is 0 Å². The maximum atomic E-state index is 10.2. The Morgan fingerprint density at radius 1 is 1.54 bits per heavy atom. The van der Waals surface area contributed by atoms with Gasteiger partial charge in [0, 0.05) is 14.1 Å². The average molecular weight is 353 g/mol. The van der Waals surface area contributed by atoms with E-state index in [0.29, 0.717) is 0 Å². The van der Waals surface area contributed by atoms with Crippen molar-refractivity contribution in [3.63, 3.8) is 0 Å². The van der Waals surface area contributed by atoms with Gasteiger partial charge in [-0.15, -0.1) is 0 Å². The molecule has 0 aliphatic rings. The van der Waals surface area contributed by atoms with Gasteiger partial charge in [0.2, 0.25) is 0 Å². The van der Waals surface area contributed by atoms with E-state index < -0.39 is 5.97 Å². The molecule has 0 amide bonds. The summed E-state index contributed by atoms with van der Waals surface area (Å²) in [5, 5.41) is 8.40. The van der Waals surface area contributed by atoms with E-state index in [9.17, 15) is 4.79 Å². The lowest BCUT2D eigenvalue weighted by atomic mass is 10.2. The van der Waals surface area contributed by atoms with Gasteiger partial charge in [0.25, 0.3) is 0 Å². The fraction of sp³-hybridized carbons (Fsp3) is 0. The number of aliphatic carboxylic acids is 1. The van der Waals surface area contributed by atoms with Gasteiger partial charge in [0.05, 0.1) is 0 Å². The van der Waals surface area contributed by atoms with Crippen LogP contribution < -0.4 is 0 Å². The van der Waals surface area contributed by atoms with E-state index in [1.807, 2.05) is 18.2 Å². The van der Waals surface area contributed by atoms with Crippen molar-refractivity contribution >= 4 is 50.6 Å². The molecule has 0 aliphatic carbocycles. The summed E-state index contributed by atoms with van der Waals surface area (Å²) in [5.41, 5.74) is 0.884. The zero-order chi connectivity index (χ0) is 9.84. The molecule has 0 heterocycles. The van der Waals surface area contributed by atoms with Crippen molar-refractivity contribution < 1.29 is 9.90 Å². The molecule has 13 heavy (non-hydrogen) atoms. The number of carboxylic acid groups (broad SMARTS) is 1. The van der Waals surface area contributed by atoms with E-state index in [1.54, 1.807) is 6.08 Å². The average Bonchev–Trinajstić information content (AvgIpc) is 2.07. The molecule has 4 heteroatoms. The molecule has 0 saturated heterocycles. The number of carbonyl (C=O) groups is 1. The van der Waals surface area contributed by atoms with Crippen LogP contribution in [0.2, 0.25) is 0 Å². The molecular weight excluding hydrogens is 347 g/mol. The topological polar surface area (TPSA) is 37.3 Å². The summed E-state index contributed by atoms with van der Waals surface area (Å²) >= 11 is 5.54. The van der Waals surface area contributed by atoms with Crippen LogP contribution in [0.1, 0.15) is 5.56 Å². The Balaban J connectivity index is 2.92. The zero-order valence-corrected chi connectivity index (χ0v) is 10.2. The van der Waals surface area contributed by atoms with E-state index in [-0.39, 0.29) is 0 Å². The van der Waals surface area contributed by atoms with Crippen molar-refractivity contribution in [3.05, 3.63) is 37.9 Å². The minimum Gasteiger partial charge on any atom is -0.478 e. The molecule has 0 fully saturated rings. The summed E-state index contributed by atoms with van der Waals surface area (Å²) in [6.07, 6.45) is 2.69. The van der Waals surface area contributed by atoms with Crippen molar-refractivity contribution in [1.29, 1.82) is 0 Å². The van der Waals surface area contributed by atoms with E-state index in [0.717, 1.165) is 19.7 Å². The lowest BCUT2D eigenvalue weighted by Gasteiger charge is -1.97. The molecule has 2 nitrogen and oxygen atoms in total. The van der Waals surface area contributed by atoms with Gasteiger partial charge in [0.15, 0.2) is 0 Å². The van der Waals surface area contributed by atoms with Gasteiger partial charge < -0.3 is 5.11 Å². The molecule has 0 unspecified atom stereocenters. The largest absolute Gasteiger partial charge is 0.478 e. The fourth-order valence-corrected chi connectivity index (χ4v) is 1.57. The van der Waals surface area contributed by atoms with E-state index in [4.69, 9.17) is 5.11 Å². The minimum absolute atomic E-state index is 0.884. The first-order valence-electron chi connectivity index (χ1n) is 3.45. The highest BCUT2D eigenvalue weighted by Gasteiger charge is 1.96. The van der Waals surface area contributed by atoms with Gasteiger partial charge in [-0.3, -0.25) is 0 Å². The first-order chi connectivity index (χ1) is 6.09. The van der Waals surface area contributed by atoms with Crippen molar-refractivity contribution in [1.82, 2.24) is 0 Å². The highest BCUT2D eigenvalue weighted by Crippen LogP contribution is 2.20. The van der Waals surface area contributed by atoms with Crippen LogP contribution in [0, 0.1) is 3.57 Å². The standard InChI is InChI=1S/C9H6BrIO2/c10-7-3-1-6(5-8(7)11)2-4-9(12)13/h1-5H,(H,12,13)/b4-2+. The van der Waals surface area contributed by atoms with Gasteiger partial charge in [-0.05, 0) is 62.3 Å². The molecule has 68 valence electrons. The van der Waals surface area contributed by atoms with Crippen LogP contribution in [-0.4, -0.2) is 11.1 Å². The summed E-state index contributed by atoms with van der Waals surface area (Å²) in [7, 11) is 0. The Hall–Kier alpha value is -0.360. The summed E-state index contributed by atoms with van der Waals surface area (Å²) in [4.78, 5) is 10.2. The number of hydrogen-bond acceptors (Lipinski definition) is 1. The monoisotopic (exact) mass is 352 g/mol. The van der Waals surface area contributed by atoms with Gasteiger partial charge in [0.1, 0.15) is 0 Å². The predicted molar refractivity (Wildman–Crippen MR) is 63.5 cm³/mol. The predicted octanol–water partition coefficient (Wildman–Crippen LogP) is 3.15. The van der Waals surface area contributed by atoms with E-state index in [1.165, 1.54) is 0 Å². The SMILES string of the molecule is O=C(O)/C=C/c1ccc(Br)c(I)c1. The lowest BCUT2D eigenvalue weighted by molar-refractivity contribution is -0.131. The highest BCUT2D eigenvalue weighted by molar-refractivity contribution is 14.1. The van der Waals surface area contributed by atoms with Gasteiger partial charge in [-0.25, -0.2) is 4.79 Å². The third-order valence-corrected chi connectivity index (χ3v) is 3.69. The summed E-state index contributed by atoms with van der Waals surface area (Å²) < 4.78 is 2.07. The quantitative estimate of drug-likeness (QED) is 0.655. The summed E-state index contributed by atoms with van der Waals surface area (Å²) in [6, 6.07) is 5.65. The number of hydrogen-bond donors (Lipinski definition) is 1. The van der Waals surface area contributed by atoms with Gasteiger partial charge >= 0.3 is 5.97 Å². The van der Waals surface area contributed by atoms with Crippen LogP contribution in [0.4, 0.5) is 0 Å². The lowest BCUT2D eigenvalue weighted by Crippen LogP contribution is -1.86. The van der Waals surface area contributed by atoms with Crippen LogP contribution in [0.25, 0.3) is 6.08 Å². The van der Waals surface area contributed by atoms with Crippen LogP contribution in [0.5, 0.6) is 0 Å². The third kappa shape index (κ3) is 3.48. The van der Waals surface area contributed by atoms with Crippen molar-refractivity contribution in [3.8, 4) is 0 Å². The summed E-state index contributed by atoms with van der Waals surface area (Å²) in [5.74, 6) is -0.932. The van der Waals surface area contributed by atoms with Crippen molar-refractivity contribution in [2.45, 2.75) is 0 Å². The van der Waals surface area contributed by atoms with Crippen molar-refractivity contribution in [2.75, 3.05) is 0 Å². The number of halogens is 2. The Kier molecular flexibility index (Phi) is 3.92. The Morgan fingerprint density at radius 2 is 2.23 bits per heavy atom. The Morgan fingerprint density at radius 3 is 2.77 bits per heavy atom. The van der Waals surface area contributed by atoms with Gasteiger partial charge in [-0.2, -0.15) is 0 Å². The first kappa shape index (κ1) is 10.7. The molecule has 0 atom stereocenters. The first-order valence-corrected chi connectivity index (χ1v) is 5.33. The maximum Gasteiger partial charge on any atom is 0.328 e. The second-order valence-corrected chi connectivity index (χ2v) is 4.36. The molecule has 0 aliphatic heterocycles. The van der Waals surface area contributed by atoms with Crippen LogP contribution in [0.15, 0.2) is 28.7 Å². The Labute approximate surface area is 97.9 Å². The number of benzene rings is 1. The summed E-state index contributed by atoms with van der Waals surface area (Å²) in [6.45, 7) is 0. The molecule has 1 rings (SSSR count). The van der Waals surface area contributed by atoms with Crippen LogP contribution in [-0.2, 0) is 4.79 Å². The normalized spacial score (nSPS) is 10.6. The second kappa shape index (κ2) is 4.76. The van der Waals surface area contributed by atoms with Gasteiger partial charge in [-0.1, -0.05) is 6.07 Å². The van der Waals surface area contributed by atoms with E-state index in [2.05, 4.69) is 38.5 Å². The highest BCUT2D eigenvalue weighted by atomic mass is 127. The fourth-order valence-electron chi connectivity index (χ4n) is 0.784. The number of carboxylic acids is 1. The molecule has 0 saturated carbocycles. The number of rotatable bonds is 2. The zero-order valence-electron chi connectivity index (χ0n) is 6.50. The molecule has 0 bridgehead atoms. The molecule has 0 aromatic heterocycles. The molecule has 0 radical (unpaired) electrons. The molecule has 1 aromatic rings. The van der Waals surface area contributed by atoms with Crippen LogP contribution in [0.3, 0.4) is 0 Å². The smallest absolute Gasteiger partial charge is 0.328 e. The molecule has 1 aromatic carbocycles. The Bertz CT molecular complexity index is 361. The maximum absolute atomic E-state index is 10.2. The molecular formula is C9H6BrIO2. The molecule has 0 spiro atoms. The van der Waals surface area contributed by atoms with Crippen molar-refractivity contribution in [2.24, 2.45) is 0 Å². The third-order valence-electron chi connectivity index (χ3n) is 1.36.